The molecule has 0 saturated carbocycles. The Morgan fingerprint density at radius 2 is 2.04 bits per heavy atom. The number of anilines is 1. The van der Waals surface area contributed by atoms with Gasteiger partial charge in [-0.25, -0.2) is 4.98 Å². The van der Waals surface area contributed by atoms with Crippen LogP contribution in [0.15, 0.2) is 23.6 Å². The summed E-state index contributed by atoms with van der Waals surface area (Å²) < 4.78 is 15.8. The first-order valence-electron chi connectivity index (χ1n) is 7.61. The van der Waals surface area contributed by atoms with Crippen LogP contribution in [0.1, 0.15) is 13.3 Å². The van der Waals surface area contributed by atoms with Gasteiger partial charge in [0.15, 0.2) is 5.13 Å². The third-order valence-corrected chi connectivity index (χ3v) is 4.39. The molecule has 2 aromatic rings. The van der Waals surface area contributed by atoms with E-state index in [4.69, 9.17) is 14.2 Å². The van der Waals surface area contributed by atoms with Crippen molar-refractivity contribution in [3.8, 4) is 22.8 Å². The van der Waals surface area contributed by atoms with Crippen molar-refractivity contribution < 1.29 is 19.0 Å². The van der Waals surface area contributed by atoms with Crippen LogP contribution < -0.4 is 14.4 Å². The Morgan fingerprint density at radius 3 is 2.67 bits per heavy atom. The van der Waals surface area contributed by atoms with Gasteiger partial charge < -0.3 is 14.2 Å². The monoisotopic (exact) mass is 350 g/mol. The summed E-state index contributed by atoms with van der Waals surface area (Å²) in [4.78, 5) is 18.5. The number of rotatable bonds is 8. The highest BCUT2D eigenvalue weighted by atomic mass is 32.1. The third kappa shape index (κ3) is 4.04. The molecule has 0 unspecified atom stereocenters. The maximum absolute atomic E-state index is 12.2. The maximum atomic E-state index is 12.2. The van der Waals surface area contributed by atoms with Gasteiger partial charge in [0.05, 0.1) is 33.1 Å². The quantitative estimate of drug-likeness (QED) is 0.731. The minimum Gasteiger partial charge on any atom is -0.497 e. The second-order valence-corrected chi connectivity index (χ2v) is 5.81. The molecule has 1 aromatic carbocycles. The van der Waals surface area contributed by atoms with Crippen molar-refractivity contribution >= 4 is 22.4 Å². The zero-order valence-corrected chi connectivity index (χ0v) is 15.2. The number of nitrogens with zero attached hydrogens (tertiary/aromatic N) is 2. The fourth-order valence-corrected chi connectivity index (χ4v) is 3.09. The molecule has 0 aliphatic carbocycles. The number of carbonyl (C=O) groups is 1. The number of benzene rings is 1. The summed E-state index contributed by atoms with van der Waals surface area (Å²) in [7, 11) is 4.84. The van der Waals surface area contributed by atoms with E-state index in [2.05, 4.69) is 4.98 Å². The number of amides is 1. The van der Waals surface area contributed by atoms with Crippen molar-refractivity contribution in [3.05, 3.63) is 23.6 Å². The molecule has 1 amide bonds. The Labute approximate surface area is 146 Å². The number of hydrogen-bond acceptors (Lipinski definition) is 6. The van der Waals surface area contributed by atoms with Crippen LogP contribution in [-0.2, 0) is 9.53 Å². The zero-order valence-electron chi connectivity index (χ0n) is 14.4. The first kappa shape index (κ1) is 18.2. The molecular formula is C17H22N2O4S. The van der Waals surface area contributed by atoms with Crippen LogP contribution in [-0.4, -0.2) is 45.4 Å². The molecule has 0 aliphatic rings. The van der Waals surface area contributed by atoms with E-state index in [0.29, 0.717) is 30.5 Å². The largest absolute Gasteiger partial charge is 0.497 e. The van der Waals surface area contributed by atoms with Gasteiger partial charge in [0, 0.05) is 24.5 Å². The normalized spacial score (nSPS) is 10.5. The number of hydrogen-bond donors (Lipinski definition) is 0. The maximum Gasteiger partial charge on any atom is 0.228 e. The fourth-order valence-electron chi connectivity index (χ4n) is 2.23. The van der Waals surface area contributed by atoms with Crippen molar-refractivity contribution in [2.75, 3.05) is 39.4 Å². The lowest BCUT2D eigenvalue weighted by molar-refractivity contribution is -0.118. The number of carbonyl (C=O) groups excluding carboxylic acids is 1. The molecule has 7 heteroatoms. The van der Waals surface area contributed by atoms with Gasteiger partial charge in [-0.3, -0.25) is 9.69 Å². The van der Waals surface area contributed by atoms with E-state index in [1.165, 1.54) is 11.3 Å². The highest BCUT2D eigenvalue weighted by Gasteiger charge is 2.19. The summed E-state index contributed by atoms with van der Waals surface area (Å²) in [5, 5.41) is 2.56. The van der Waals surface area contributed by atoms with E-state index >= 15 is 0 Å². The molecule has 0 N–H and O–H groups in total. The van der Waals surface area contributed by atoms with Crippen LogP contribution in [0.4, 0.5) is 5.13 Å². The molecule has 0 bridgehead atoms. The predicted molar refractivity (Wildman–Crippen MR) is 95.2 cm³/mol. The molecule has 1 heterocycles. The predicted octanol–water partition coefficient (Wildman–Crippen LogP) is 3.22. The molecule has 0 radical (unpaired) electrons. The molecule has 24 heavy (non-hydrogen) atoms. The third-order valence-electron chi connectivity index (χ3n) is 3.53. The minimum atomic E-state index is 0.0190. The smallest absolute Gasteiger partial charge is 0.228 e. The molecule has 0 atom stereocenters. The van der Waals surface area contributed by atoms with E-state index in [-0.39, 0.29) is 5.91 Å². The molecule has 1 aromatic heterocycles. The van der Waals surface area contributed by atoms with Gasteiger partial charge in [0.25, 0.3) is 0 Å². The van der Waals surface area contributed by atoms with Crippen molar-refractivity contribution in [3.63, 3.8) is 0 Å². The Hall–Kier alpha value is -2.12. The van der Waals surface area contributed by atoms with Crippen LogP contribution in [0.25, 0.3) is 11.3 Å². The molecule has 6 nitrogen and oxygen atoms in total. The topological polar surface area (TPSA) is 60.9 Å². The fraction of sp³-hybridized carbons (Fsp3) is 0.412. The van der Waals surface area contributed by atoms with Crippen molar-refractivity contribution in [2.45, 2.75) is 13.3 Å². The summed E-state index contributed by atoms with van der Waals surface area (Å²) in [6.07, 6.45) is 0.418. The van der Waals surface area contributed by atoms with Crippen LogP contribution in [0.2, 0.25) is 0 Å². The molecular weight excluding hydrogens is 328 g/mol. The average Bonchev–Trinajstić information content (AvgIpc) is 3.10. The van der Waals surface area contributed by atoms with E-state index in [9.17, 15) is 4.79 Å². The van der Waals surface area contributed by atoms with Crippen LogP contribution >= 0.6 is 11.3 Å². The van der Waals surface area contributed by atoms with Crippen molar-refractivity contribution in [1.82, 2.24) is 4.98 Å². The van der Waals surface area contributed by atoms with Crippen molar-refractivity contribution in [2.24, 2.45) is 0 Å². The average molecular weight is 350 g/mol. The van der Waals surface area contributed by atoms with E-state index in [0.717, 1.165) is 17.0 Å². The number of ether oxygens (including phenoxy) is 3. The standard InChI is InChI=1S/C17H22N2O4S/c1-5-16(20)19(8-9-21-2)17-18-14(11-24-17)13-10-12(22-3)6-7-15(13)23-4/h6-7,10-11H,5,8-9H2,1-4H3. The van der Waals surface area contributed by atoms with Crippen LogP contribution in [0, 0.1) is 0 Å². The number of aromatic nitrogens is 1. The Kier molecular flexibility index (Phi) is 6.57. The lowest BCUT2D eigenvalue weighted by atomic mass is 10.1. The highest BCUT2D eigenvalue weighted by Crippen LogP contribution is 2.36. The highest BCUT2D eigenvalue weighted by molar-refractivity contribution is 7.14. The molecule has 0 spiro atoms. The Morgan fingerprint density at radius 1 is 1.25 bits per heavy atom. The second kappa shape index (κ2) is 8.65. The van der Waals surface area contributed by atoms with E-state index in [1.54, 1.807) is 26.2 Å². The SMILES string of the molecule is CCC(=O)N(CCOC)c1nc(-c2cc(OC)ccc2OC)cs1. The summed E-state index contributed by atoms with van der Waals surface area (Å²) >= 11 is 1.42. The Balaban J connectivity index is 2.36. The van der Waals surface area contributed by atoms with Gasteiger partial charge in [-0.2, -0.15) is 0 Å². The molecule has 0 fully saturated rings. The van der Waals surface area contributed by atoms with Gasteiger partial charge in [0.2, 0.25) is 5.91 Å². The van der Waals surface area contributed by atoms with Gasteiger partial charge in [-0.1, -0.05) is 6.92 Å². The summed E-state index contributed by atoms with van der Waals surface area (Å²) in [5.41, 5.74) is 1.58. The zero-order chi connectivity index (χ0) is 17.5. The van der Waals surface area contributed by atoms with E-state index in [1.807, 2.05) is 30.5 Å². The van der Waals surface area contributed by atoms with Gasteiger partial charge in [-0.05, 0) is 18.2 Å². The minimum absolute atomic E-state index is 0.0190. The number of thiazole rings is 1. The van der Waals surface area contributed by atoms with Gasteiger partial charge in [0.1, 0.15) is 11.5 Å². The van der Waals surface area contributed by atoms with Crippen LogP contribution in [0.5, 0.6) is 11.5 Å². The van der Waals surface area contributed by atoms with Gasteiger partial charge >= 0.3 is 0 Å². The lowest BCUT2D eigenvalue weighted by Crippen LogP contribution is -2.33. The molecule has 130 valence electrons. The first-order chi connectivity index (χ1) is 11.6. The molecule has 0 saturated heterocycles. The summed E-state index contributed by atoms with van der Waals surface area (Å²) in [5.74, 6) is 1.45. The molecule has 0 aliphatic heterocycles. The lowest BCUT2D eigenvalue weighted by Gasteiger charge is -2.18. The Bertz CT molecular complexity index is 687. The van der Waals surface area contributed by atoms with Crippen molar-refractivity contribution in [1.29, 1.82) is 0 Å². The summed E-state index contributed by atoms with van der Waals surface area (Å²) in [6, 6.07) is 5.55. The van der Waals surface area contributed by atoms with E-state index < -0.39 is 0 Å². The second-order valence-electron chi connectivity index (χ2n) is 4.97. The first-order valence-corrected chi connectivity index (χ1v) is 8.49. The van der Waals surface area contributed by atoms with Gasteiger partial charge in [-0.15, -0.1) is 11.3 Å². The van der Waals surface area contributed by atoms with Crippen LogP contribution in [0.3, 0.4) is 0 Å². The molecule has 2 rings (SSSR count). The summed E-state index contributed by atoms with van der Waals surface area (Å²) in [6.45, 7) is 2.77. The number of methoxy groups -OCH3 is 3.